The number of aromatic nitrogens is 1. The van der Waals surface area contributed by atoms with Crippen molar-refractivity contribution in [1.29, 1.82) is 0 Å². The molecule has 0 atom stereocenters. The Labute approximate surface area is 158 Å². The monoisotopic (exact) mass is 368 g/mol. The molecule has 0 unspecified atom stereocenters. The molecule has 2 N–H and O–H groups in total. The second-order valence-corrected chi connectivity index (χ2v) is 6.45. The Bertz CT molecular complexity index is 789. The molecular formula is C20H24N4O3. The quantitative estimate of drug-likeness (QED) is 0.782. The Kier molecular flexibility index (Phi) is 7.05. The molecule has 0 aliphatic carbocycles. The highest BCUT2D eigenvalue weighted by Gasteiger charge is 2.21. The van der Waals surface area contributed by atoms with E-state index in [1.165, 1.54) is 17.3 Å². The van der Waals surface area contributed by atoms with Gasteiger partial charge in [-0.3, -0.25) is 19.4 Å². The zero-order valence-electron chi connectivity index (χ0n) is 15.7. The van der Waals surface area contributed by atoms with E-state index >= 15 is 0 Å². The zero-order valence-corrected chi connectivity index (χ0v) is 15.7. The number of pyridine rings is 1. The van der Waals surface area contributed by atoms with Crippen LogP contribution in [0.5, 0.6) is 0 Å². The predicted molar refractivity (Wildman–Crippen MR) is 103 cm³/mol. The van der Waals surface area contributed by atoms with Gasteiger partial charge in [0.05, 0.1) is 6.54 Å². The van der Waals surface area contributed by atoms with Gasteiger partial charge in [-0.05, 0) is 45.0 Å². The number of carbonyl (C=O) groups excluding carboxylic acids is 3. The van der Waals surface area contributed by atoms with Crippen molar-refractivity contribution in [3.05, 3.63) is 59.9 Å². The first-order valence-corrected chi connectivity index (χ1v) is 8.71. The zero-order chi connectivity index (χ0) is 19.8. The third kappa shape index (κ3) is 6.22. The van der Waals surface area contributed by atoms with Gasteiger partial charge in [-0.2, -0.15) is 0 Å². The molecule has 0 fully saturated rings. The van der Waals surface area contributed by atoms with Crippen molar-refractivity contribution in [2.45, 2.75) is 26.8 Å². The summed E-state index contributed by atoms with van der Waals surface area (Å²) in [5, 5.41) is 5.26. The number of anilines is 1. The Hall–Kier alpha value is -3.22. The van der Waals surface area contributed by atoms with Gasteiger partial charge < -0.3 is 15.5 Å². The maximum absolute atomic E-state index is 12.6. The number of nitrogens with one attached hydrogen (secondary N) is 2. The normalized spacial score (nSPS) is 10.4. The fourth-order valence-corrected chi connectivity index (χ4v) is 2.38. The molecule has 1 aromatic heterocycles. The van der Waals surface area contributed by atoms with Crippen LogP contribution >= 0.6 is 0 Å². The maximum Gasteiger partial charge on any atom is 0.254 e. The molecule has 0 radical (unpaired) electrons. The maximum atomic E-state index is 12.6. The van der Waals surface area contributed by atoms with Crippen molar-refractivity contribution >= 4 is 23.4 Å². The van der Waals surface area contributed by atoms with Gasteiger partial charge >= 0.3 is 0 Å². The van der Waals surface area contributed by atoms with Gasteiger partial charge in [-0.25, -0.2) is 0 Å². The molecule has 7 nitrogen and oxygen atoms in total. The van der Waals surface area contributed by atoms with E-state index in [1.54, 1.807) is 24.3 Å². The summed E-state index contributed by atoms with van der Waals surface area (Å²) >= 11 is 0. The van der Waals surface area contributed by atoms with Crippen molar-refractivity contribution in [3.63, 3.8) is 0 Å². The number of carbonyl (C=O) groups is 3. The molecule has 27 heavy (non-hydrogen) atoms. The largest absolute Gasteiger partial charge is 0.345 e. The van der Waals surface area contributed by atoms with Crippen molar-refractivity contribution in [3.8, 4) is 0 Å². The molecule has 2 aromatic rings. The highest BCUT2D eigenvalue weighted by Crippen LogP contribution is 2.09. The summed E-state index contributed by atoms with van der Waals surface area (Å²) in [6, 6.07) is 10.4. The summed E-state index contributed by atoms with van der Waals surface area (Å²) in [5.41, 5.74) is 2.22. The summed E-state index contributed by atoms with van der Waals surface area (Å²) in [7, 11) is 0. The molecule has 1 aromatic carbocycles. The van der Waals surface area contributed by atoms with E-state index in [0.29, 0.717) is 11.3 Å². The fraction of sp³-hybridized carbons (Fsp3) is 0.300. The molecule has 0 saturated carbocycles. The molecule has 2 rings (SSSR count). The lowest BCUT2D eigenvalue weighted by Crippen LogP contribution is -2.45. The standard InChI is InChI=1S/C20H24N4O3/c1-14(2)24(20(27)16-8-10-21-11-9-16)13-19(26)22-12-18(25)23-17-6-4-15(3)5-7-17/h4-11,14H,12-13H2,1-3H3,(H,22,26)(H,23,25). The van der Waals surface area contributed by atoms with Crippen molar-refractivity contribution < 1.29 is 14.4 Å². The predicted octanol–water partition coefficient (Wildman–Crippen LogP) is 2.00. The van der Waals surface area contributed by atoms with Crippen molar-refractivity contribution in [2.24, 2.45) is 0 Å². The second kappa shape index (κ2) is 9.47. The Morgan fingerprint density at radius 3 is 2.22 bits per heavy atom. The molecule has 0 aliphatic heterocycles. The average Bonchev–Trinajstić information content (AvgIpc) is 2.66. The summed E-state index contributed by atoms with van der Waals surface area (Å²) in [6.07, 6.45) is 3.06. The van der Waals surface area contributed by atoms with Crippen LogP contribution in [0.1, 0.15) is 29.8 Å². The highest BCUT2D eigenvalue weighted by atomic mass is 16.2. The molecule has 7 heteroatoms. The van der Waals surface area contributed by atoms with E-state index < -0.39 is 5.91 Å². The number of hydrogen-bond acceptors (Lipinski definition) is 4. The Morgan fingerprint density at radius 1 is 1.00 bits per heavy atom. The molecule has 0 aliphatic rings. The van der Waals surface area contributed by atoms with Gasteiger partial charge in [0.2, 0.25) is 11.8 Å². The molecule has 142 valence electrons. The smallest absolute Gasteiger partial charge is 0.254 e. The second-order valence-electron chi connectivity index (χ2n) is 6.45. The van der Waals surface area contributed by atoms with Gasteiger partial charge in [-0.1, -0.05) is 17.7 Å². The van der Waals surface area contributed by atoms with Gasteiger partial charge in [0.25, 0.3) is 5.91 Å². The third-order valence-corrected chi connectivity index (χ3v) is 3.91. The fourth-order valence-electron chi connectivity index (χ4n) is 2.38. The summed E-state index contributed by atoms with van der Waals surface area (Å²) in [5.74, 6) is -0.986. The van der Waals surface area contributed by atoms with E-state index in [9.17, 15) is 14.4 Å². The van der Waals surface area contributed by atoms with Crippen LogP contribution in [0.15, 0.2) is 48.8 Å². The number of rotatable bonds is 7. The minimum atomic E-state index is -0.398. The van der Waals surface area contributed by atoms with Crippen molar-refractivity contribution in [1.82, 2.24) is 15.2 Å². The van der Waals surface area contributed by atoms with E-state index in [0.717, 1.165) is 5.56 Å². The summed E-state index contributed by atoms with van der Waals surface area (Å²) in [4.78, 5) is 42.1. The third-order valence-electron chi connectivity index (χ3n) is 3.91. The first kappa shape index (κ1) is 20.1. The number of nitrogens with zero attached hydrogens (tertiary/aromatic N) is 2. The molecule has 0 bridgehead atoms. The van der Waals surface area contributed by atoms with Gasteiger partial charge in [-0.15, -0.1) is 0 Å². The van der Waals surface area contributed by atoms with Crippen LogP contribution in [0, 0.1) is 6.92 Å². The number of benzene rings is 1. The average molecular weight is 368 g/mol. The van der Waals surface area contributed by atoms with E-state index in [2.05, 4.69) is 15.6 Å². The van der Waals surface area contributed by atoms with Gasteiger partial charge in [0, 0.05) is 29.7 Å². The van der Waals surface area contributed by atoms with Gasteiger partial charge in [0.1, 0.15) is 6.54 Å². The van der Waals surface area contributed by atoms with Crippen LogP contribution in [-0.2, 0) is 9.59 Å². The highest BCUT2D eigenvalue weighted by molar-refractivity contribution is 5.98. The SMILES string of the molecule is Cc1ccc(NC(=O)CNC(=O)CN(C(=O)c2ccncc2)C(C)C)cc1. The van der Waals surface area contributed by atoms with Crippen LogP contribution < -0.4 is 10.6 Å². The minimum absolute atomic E-state index is 0.128. The molecular weight excluding hydrogens is 344 g/mol. The number of aryl methyl sites for hydroxylation is 1. The molecule has 0 saturated heterocycles. The van der Waals surface area contributed by atoms with Crippen molar-refractivity contribution in [2.75, 3.05) is 18.4 Å². The summed E-state index contributed by atoms with van der Waals surface area (Å²) in [6.45, 7) is 5.32. The van der Waals surface area contributed by atoms with Crippen LogP contribution in [0.3, 0.4) is 0 Å². The molecule has 1 heterocycles. The lowest BCUT2D eigenvalue weighted by Gasteiger charge is -2.26. The molecule has 3 amide bonds. The molecule has 0 spiro atoms. The lowest BCUT2D eigenvalue weighted by atomic mass is 10.2. The van der Waals surface area contributed by atoms with Crippen LogP contribution in [0.2, 0.25) is 0 Å². The number of amides is 3. The van der Waals surface area contributed by atoms with Crippen LogP contribution in [-0.4, -0.2) is 46.7 Å². The van der Waals surface area contributed by atoms with E-state index in [1.807, 2.05) is 32.9 Å². The van der Waals surface area contributed by atoms with Crippen LogP contribution in [0.4, 0.5) is 5.69 Å². The first-order chi connectivity index (χ1) is 12.9. The Morgan fingerprint density at radius 2 is 1.63 bits per heavy atom. The van der Waals surface area contributed by atoms with E-state index in [4.69, 9.17) is 0 Å². The topological polar surface area (TPSA) is 91.4 Å². The Balaban J connectivity index is 1.87. The van der Waals surface area contributed by atoms with Gasteiger partial charge in [0.15, 0.2) is 0 Å². The number of hydrogen-bond donors (Lipinski definition) is 2. The minimum Gasteiger partial charge on any atom is -0.345 e. The lowest BCUT2D eigenvalue weighted by molar-refractivity contribution is -0.124. The van der Waals surface area contributed by atoms with E-state index in [-0.39, 0.29) is 30.9 Å². The first-order valence-electron chi connectivity index (χ1n) is 8.71. The van der Waals surface area contributed by atoms with Crippen LogP contribution in [0.25, 0.3) is 0 Å². The summed E-state index contributed by atoms with van der Waals surface area (Å²) < 4.78 is 0.